The fourth-order valence-electron chi connectivity index (χ4n) is 3.34. The van der Waals surface area contributed by atoms with Gasteiger partial charge in [-0.15, -0.1) is 11.6 Å². The second-order valence-electron chi connectivity index (χ2n) is 8.07. The maximum Gasteiger partial charge on any atom is 0.330 e. The van der Waals surface area contributed by atoms with Gasteiger partial charge in [-0.3, -0.25) is 4.79 Å². The monoisotopic (exact) mass is 486 g/mol. The molecule has 0 aliphatic heterocycles. The zero-order valence-corrected chi connectivity index (χ0v) is 20.7. The van der Waals surface area contributed by atoms with Gasteiger partial charge < -0.3 is 14.2 Å². The Labute approximate surface area is 208 Å². The Bertz CT molecular complexity index is 877. The van der Waals surface area contributed by atoms with Crippen molar-refractivity contribution in [3.05, 3.63) is 61.2 Å². The molecular weight excluding hydrogens is 452 g/mol. The first-order chi connectivity index (χ1) is 16.5. The first-order valence-corrected chi connectivity index (χ1v) is 12.5. The number of halogens is 1. The predicted octanol–water partition coefficient (Wildman–Crippen LogP) is 7.12. The number of hydrogen-bond acceptors (Lipinski definition) is 5. The number of alkyl halides is 1. The number of benzene rings is 2. The zero-order chi connectivity index (χ0) is 24.6. The minimum Gasteiger partial charge on any atom is -0.494 e. The van der Waals surface area contributed by atoms with Gasteiger partial charge in [-0.2, -0.15) is 0 Å². The summed E-state index contributed by atoms with van der Waals surface area (Å²) in [6.45, 7) is 6.51. The number of carbonyl (C=O) groups is 2. The van der Waals surface area contributed by atoms with E-state index in [1.807, 2.05) is 43.3 Å². The van der Waals surface area contributed by atoms with Crippen LogP contribution in [0.3, 0.4) is 0 Å². The molecule has 5 nitrogen and oxygen atoms in total. The highest BCUT2D eigenvalue weighted by molar-refractivity contribution is 6.30. The van der Waals surface area contributed by atoms with Crippen LogP contribution in [-0.4, -0.2) is 30.5 Å². The lowest BCUT2D eigenvalue weighted by Crippen LogP contribution is -2.20. The molecule has 2 rings (SSSR count). The predicted molar refractivity (Wildman–Crippen MR) is 136 cm³/mol. The third-order valence-corrected chi connectivity index (χ3v) is 5.67. The molecule has 0 N–H and O–H groups in total. The first-order valence-electron chi connectivity index (χ1n) is 12.0. The van der Waals surface area contributed by atoms with E-state index >= 15 is 0 Å². The molecule has 0 bridgehead atoms. The summed E-state index contributed by atoms with van der Waals surface area (Å²) in [4.78, 5) is 22.9. The molecular formula is C28H35ClO5. The molecule has 6 heteroatoms. The number of esters is 2. The van der Waals surface area contributed by atoms with Crippen LogP contribution in [0.1, 0.15) is 58.3 Å². The second-order valence-corrected chi connectivity index (χ2v) is 8.59. The van der Waals surface area contributed by atoms with Gasteiger partial charge in [-0.05, 0) is 54.7 Å². The largest absolute Gasteiger partial charge is 0.494 e. The van der Waals surface area contributed by atoms with Gasteiger partial charge in [-0.1, -0.05) is 69.9 Å². The average molecular weight is 487 g/mol. The highest BCUT2D eigenvalue weighted by Crippen LogP contribution is 2.25. The van der Waals surface area contributed by atoms with E-state index < -0.39 is 11.3 Å². The van der Waals surface area contributed by atoms with Gasteiger partial charge in [0.1, 0.15) is 16.9 Å². The van der Waals surface area contributed by atoms with Gasteiger partial charge in [0, 0.05) is 6.08 Å². The minimum absolute atomic E-state index is 0.353. The molecule has 2 aromatic carbocycles. The molecule has 0 saturated heterocycles. The van der Waals surface area contributed by atoms with E-state index in [4.69, 9.17) is 25.8 Å². The Hall–Kier alpha value is -2.79. The van der Waals surface area contributed by atoms with E-state index in [9.17, 15) is 9.59 Å². The number of ether oxygens (including phenoxy) is 3. The molecule has 0 aromatic heterocycles. The Morgan fingerprint density at radius 1 is 0.853 bits per heavy atom. The standard InChI is InChI=1S/C28H35ClO5/c1-3-11-26(29)28(31)34-25-18-14-23(15-19-25)22-12-16-24(17-13-22)32-20-9-7-5-6-8-10-21-33-27(30)4-2/h4,12-19,26H,2-3,5-11,20-21H2,1H3. The summed E-state index contributed by atoms with van der Waals surface area (Å²) in [6.07, 6.45) is 8.97. The molecule has 2 aromatic rings. The summed E-state index contributed by atoms with van der Waals surface area (Å²) in [6, 6.07) is 15.4. The van der Waals surface area contributed by atoms with Crippen molar-refractivity contribution in [2.45, 2.75) is 63.7 Å². The van der Waals surface area contributed by atoms with E-state index in [1.54, 1.807) is 12.1 Å². The van der Waals surface area contributed by atoms with Crippen LogP contribution in [0.4, 0.5) is 0 Å². The Kier molecular flexibility index (Phi) is 12.9. The SMILES string of the molecule is C=CC(=O)OCCCCCCCCOc1ccc(-c2ccc(OC(=O)C(Cl)CCC)cc2)cc1. The van der Waals surface area contributed by atoms with Crippen molar-refractivity contribution >= 4 is 23.5 Å². The molecule has 0 heterocycles. The Morgan fingerprint density at radius 3 is 1.94 bits per heavy atom. The number of hydrogen-bond donors (Lipinski definition) is 0. The van der Waals surface area contributed by atoms with E-state index in [2.05, 4.69) is 6.58 Å². The summed E-state index contributed by atoms with van der Waals surface area (Å²) in [5.74, 6) is 0.576. The fourth-order valence-corrected chi connectivity index (χ4v) is 3.61. The summed E-state index contributed by atoms with van der Waals surface area (Å²) in [5, 5.41) is -0.613. The van der Waals surface area contributed by atoms with Gasteiger partial charge in [-0.25, -0.2) is 4.79 Å². The summed E-state index contributed by atoms with van der Waals surface area (Å²) < 4.78 is 16.1. The second kappa shape index (κ2) is 15.9. The van der Waals surface area contributed by atoms with Crippen molar-refractivity contribution in [2.24, 2.45) is 0 Å². The van der Waals surface area contributed by atoms with Gasteiger partial charge in [0.15, 0.2) is 0 Å². The third-order valence-electron chi connectivity index (χ3n) is 5.28. The van der Waals surface area contributed by atoms with Crippen LogP contribution in [0.5, 0.6) is 11.5 Å². The van der Waals surface area contributed by atoms with Gasteiger partial charge in [0.05, 0.1) is 13.2 Å². The molecule has 0 radical (unpaired) electrons. The van der Waals surface area contributed by atoms with Crippen LogP contribution >= 0.6 is 11.6 Å². The molecule has 34 heavy (non-hydrogen) atoms. The third kappa shape index (κ3) is 10.4. The first kappa shape index (κ1) is 27.5. The molecule has 0 spiro atoms. The van der Waals surface area contributed by atoms with Crippen LogP contribution in [0.25, 0.3) is 11.1 Å². The Morgan fingerprint density at radius 2 is 1.38 bits per heavy atom. The average Bonchev–Trinajstić information content (AvgIpc) is 2.86. The topological polar surface area (TPSA) is 61.8 Å². The quantitative estimate of drug-likeness (QED) is 0.0831. The maximum atomic E-state index is 11.9. The van der Waals surface area contributed by atoms with Crippen molar-refractivity contribution in [3.63, 3.8) is 0 Å². The molecule has 1 unspecified atom stereocenters. The normalized spacial score (nSPS) is 11.5. The van der Waals surface area contributed by atoms with E-state index in [-0.39, 0.29) is 5.97 Å². The van der Waals surface area contributed by atoms with Crippen LogP contribution in [0.2, 0.25) is 0 Å². The van der Waals surface area contributed by atoms with Gasteiger partial charge >= 0.3 is 11.9 Å². The smallest absolute Gasteiger partial charge is 0.330 e. The van der Waals surface area contributed by atoms with Crippen LogP contribution in [0, 0.1) is 0 Å². The van der Waals surface area contributed by atoms with Crippen LogP contribution < -0.4 is 9.47 Å². The van der Waals surface area contributed by atoms with E-state index in [0.717, 1.165) is 61.8 Å². The van der Waals surface area contributed by atoms with E-state index in [1.165, 1.54) is 6.08 Å². The molecule has 0 fully saturated rings. The summed E-state index contributed by atoms with van der Waals surface area (Å²) in [5.41, 5.74) is 2.09. The molecule has 0 amide bonds. The minimum atomic E-state index is -0.613. The Balaban J connectivity index is 1.64. The number of unbranched alkanes of at least 4 members (excludes halogenated alkanes) is 5. The van der Waals surface area contributed by atoms with Crippen molar-refractivity contribution in [2.75, 3.05) is 13.2 Å². The van der Waals surface area contributed by atoms with Gasteiger partial charge in [0.25, 0.3) is 0 Å². The summed E-state index contributed by atoms with van der Waals surface area (Å²) in [7, 11) is 0. The van der Waals surface area contributed by atoms with Crippen molar-refractivity contribution in [3.8, 4) is 22.6 Å². The maximum absolute atomic E-state index is 11.9. The molecule has 1 atom stereocenters. The summed E-state index contributed by atoms with van der Waals surface area (Å²) >= 11 is 6.02. The van der Waals surface area contributed by atoms with Crippen molar-refractivity contribution in [1.29, 1.82) is 0 Å². The highest BCUT2D eigenvalue weighted by atomic mass is 35.5. The van der Waals surface area contributed by atoms with Crippen LogP contribution in [-0.2, 0) is 14.3 Å². The van der Waals surface area contributed by atoms with Gasteiger partial charge in [0.2, 0.25) is 0 Å². The lowest BCUT2D eigenvalue weighted by atomic mass is 10.1. The van der Waals surface area contributed by atoms with Crippen molar-refractivity contribution in [1.82, 2.24) is 0 Å². The lowest BCUT2D eigenvalue weighted by Gasteiger charge is -2.10. The molecule has 184 valence electrons. The van der Waals surface area contributed by atoms with Crippen LogP contribution in [0.15, 0.2) is 61.2 Å². The molecule has 0 aliphatic carbocycles. The number of carbonyl (C=O) groups excluding carboxylic acids is 2. The van der Waals surface area contributed by atoms with E-state index in [0.29, 0.717) is 25.4 Å². The lowest BCUT2D eigenvalue weighted by molar-refractivity contribution is -0.138. The number of rotatable bonds is 16. The fraction of sp³-hybridized carbons (Fsp3) is 0.429. The molecule has 0 aliphatic rings. The van der Waals surface area contributed by atoms with Crippen molar-refractivity contribution < 1.29 is 23.8 Å². The highest BCUT2D eigenvalue weighted by Gasteiger charge is 2.16. The zero-order valence-electron chi connectivity index (χ0n) is 20.0. The molecule has 0 saturated carbocycles.